The molecule has 2 aliphatic heterocycles. The molecule has 0 aliphatic carbocycles. The first-order valence-corrected chi connectivity index (χ1v) is 26.7. The maximum atomic E-state index is 8.96. The van der Waals surface area contributed by atoms with Gasteiger partial charge in [-0.2, -0.15) is 0 Å². The van der Waals surface area contributed by atoms with Crippen LogP contribution in [0, 0.1) is 41.3 Å². The number of nitrogens with one attached hydrogen (secondary N) is 2. The second-order valence-corrected chi connectivity index (χ2v) is 21.5. The minimum Gasteiger partial charge on any atom is -0.353 e. The fourth-order valence-electron chi connectivity index (χ4n) is 12.8. The van der Waals surface area contributed by atoms with Crippen LogP contribution in [0.4, 0.5) is 0 Å². The SMILES string of the molecule is [2H]C([2H])([2H])c1cc(C)cc(-c2c3nc(c(-c4cc(C([2H])([2H])[2H])cc(C([2H])([2H])[2H])c4)c4[nH]c(c(-c5cc(C)cc(C([2H])([2H])[2H])c5)c5nc(nc6[nH]c2c2cc7ccccc7cc62)-c2cc6ccccc6cc2-5)c2cc5ccccc5cc42)-c2cc4ccccc4cc2-3)c1. The number of H-pyrrole nitrogens is 2. The highest BCUT2D eigenvalue weighted by Gasteiger charge is 2.30. The number of nitrogens with zero attached hydrogens (tertiary/aromatic N) is 3. The summed E-state index contributed by atoms with van der Waals surface area (Å²) in [6, 6.07) is 63.6. The van der Waals surface area contributed by atoms with Crippen molar-refractivity contribution in [3.63, 3.8) is 0 Å². The Bertz CT molecular complexity index is 5660. The first kappa shape index (κ1) is 35.4. The summed E-state index contributed by atoms with van der Waals surface area (Å²) in [6.45, 7) is -6.90. The molecule has 0 amide bonds. The maximum Gasteiger partial charge on any atom is 0.162 e. The molecule has 5 nitrogen and oxygen atoms in total. The predicted octanol–water partition coefficient (Wildman–Crippen LogP) is 20.1. The summed E-state index contributed by atoms with van der Waals surface area (Å²) in [7, 11) is 0. The summed E-state index contributed by atoms with van der Waals surface area (Å²) in [6.07, 6.45) is 0. The van der Waals surface area contributed by atoms with Gasteiger partial charge in [0.15, 0.2) is 5.82 Å². The van der Waals surface area contributed by atoms with Gasteiger partial charge in [0.1, 0.15) is 5.65 Å². The maximum absolute atomic E-state index is 8.96. The van der Waals surface area contributed by atoms with Gasteiger partial charge in [0, 0.05) is 76.9 Å². The standard InChI is InChI=1S/C75H53N5/c1-40-23-41(2)27-54(26-40)65-68-57-32-46-15-7-9-17-48(46)34-59(57)70(76-68)66(55-28-42(3)24-43(4)29-55)72-61-36-50-19-11-13-21-52(50)38-63(61)74(78-72)80-75-64-39-53-22-14-12-20-51(53)37-62(64)73(79-75)67(56-30-44(5)25-45(6)31-56)71-60-35-49-18-10-8-16-47(49)33-58(60)69(65)77-71/h7-39,76H,1-6H3,(H,78,79,80)/i1D3,2D3,3D3,5D3. The molecule has 0 saturated carbocycles. The molecule has 0 saturated heterocycles. The van der Waals surface area contributed by atoms with Gasteiger partial charge in [0.25, 0.3) is 0 Å². The van der Waals surface area contributed by atoms with Gasteiger partial charge in [-0.15, -0.1) is 0 Å². The van der Waals surface area contributed by atoms with Crippen molar-refractivity contribution in [2.75, 3.05) is 0 Å². The van der Waals surface area contributed by atoms with Gasteiger partial charge in [-0.05, 0) is 150 Å². The quantitative estimate of drug-likeness (QED) is 0.185. The normalized spacial score (nSPS) is 15.0. The predicted molar refractivity (Wildman–Crippen MR) is 337 cm³/mol. The monoisotopic (exact) mass is 1040 g/mol. The molecule has 0 fully saturated rings. The minimum absolute atomic E-state index is 0.113. The van der Waals surface area contributed by atoms with Gasteiger partial charge in [-0.3, -0.25) is 0 Å². The number of aryl methyl sites for hydroxylation is 6. The Labute approximate surface area is 479 Å². The lowest BCUT2D eigenvalue weighted by atomic mass is 9.90. The van der Waals surface area contributed by atoms with Crippen LogP contribution in [0.3, 0.4) is 0 Å². The van der Waals surface area contributed by atoms with Crippen molar-refractivity contribution >= 4 is 86.8 Å². The molecular weight excluding hydrogens is 971 g/mol. The minimum atomic E-state index is -2.79. The summed E-state index contributed by atoms with van der Waals surface area (Å²) >= 11 is 0. The molecule has 8 bridgehead atoms. The van der Waals surface area contributed by atoms with Crippen molar-refractivity contribution in [1.82, 2.24) is 24.9 Å². The molecule has 2 aliphatic rings. The smallest absolute Gasteiger partial charge is 0.162 e. The van der Waals surface area contributed by atoms with Gasteiger partial charge < -0.3 is 9.97 Å². The lowest BCUT2D eigenvalue weighted by Gasteiger charge is -2.12. The van der Waals surface area contributed by atoms with Gasteiger partial charge in [-0.25, -0.2) is 15.0 Å². The molecule has 5 heterocycles. The van der Waals surface area contributed by atoms with Crippen molar-refractivity contribution in [2.24, 2.45) is 0 Å². The van der Waals surface area contributed by atoms with E-state index in [1.54, 1.807) is 24.3 Å². The number of aromatic amines is 2. The zero-order valence-electron chi connectivity index (χ0n) is 55.4. The van der Waals surface area contributed by atoms with Crippen molar-refractivity contribution < 1.29 is 16.4 Å². The van der Waals surface area contributed by atoms with Crippen molar-refractivity contribution in [1.29, 1.82) is 0 Å². The molecule has 3 aromatic heterocycles. The Morgan fingerprint density at radius 3 is 1.02 bits per heavy atom. The van der Waals surface area contributed by atoms with Gasteiger partial charge >= 0.3 is 0 Å². The summed E-state index contributed by atoms with van der Waals surface area (Å²) in [5.41, 5.74) is 9.88. The Kier molecular flexibility index (Phi) is 7.65. The molecule has 378 valence electrons. The van der Waals surface area contributed by atoms with E-state index in [1.807, 2.05) is 123 Å². The first-order valence-electron chi connectivity index (χ1n) is 32.7. The molecule has 5 heteroatoms. The van der Waals surface area contributed by atoms with Crippen molar-refractivity contribution in [3.8, 4) is 78.5 Å². The van der Waals surface area contributed by atoms with Gasteiger partial charge in [0.05, 0.1) is 33.6 Å². The summed E-state index contributed by atoms with van der Waals surface area (Å²) in [5.74, 6) is 0.358. The van der Waals surface area contributed by atoms with Crippen LogP contribution in [0.25, 0.3) is 165 Å². The van der Waals surface area contributed by atoms with Crippen molar-refractivity contribution in [2.45, 2.75) is 41.3 Å². The molecular formula is C75H53N5. The van der Waals surface area contributed by atoms with Crippen LogP contribution in [0.2, 0.25) is 0 Å². The van der Waals surface area contributed by atoms with Gasteiger partial charge in [0.2, 0.25) is 0 Å². The number of aromatic nitrogens is 5. The first-order chi connectivity index (χ1) is 43.9. The highest BCUT2D eigenvalue weighted by Crippen LogP contribution is 2.52. The van der Waals surface area contributed by atoms with E-state index in [0.29, 0.717) is 117 Å². The van der Waals surface area contributed by atoms with Crippen LogP contribution in [-0.4, -0.2) is 24.9 Å². The van der Waals surface area contributed by atoms with Crippen LogP contribution in [0.1, 0.15) is 49.8 Å². The van der Waals surface area contributed by atoms with Crippen LogP contribution in [0.15, 0.2) is 200 Å². The Morgan fingerprint density at radius 2 is 0.613 bits per heavy atom. The van der Waals surface area contributed by atoms with E-state index in [1.165, 1.54) is 18.2 Å². The lowest BCUT2D eigenvalue weighted by Crippen LogP contribution is -1.90. The third-order valence-electron chi connectivity index (χ3n) is 16.2. The average Bonchev–Trinajstić information content (AvgIpc) is 1.52. The fourth-order valence-corrected chi connectivity index (χ4v) is 12.8. The molecule has 0 radical (unpaired) electrons. The molecule has 0 spiro atoms. The number of hydrogen-bond acceptors (Lipinski definition) is 3. The summed E-state index contributed by atoms with van der Waals surface area (Å²) in [5, 5.41) is 9.97. The van der Waals surface area contributed by atoms with Gasteiger partial charge in [-0.1, -0.05) is 185 Å². The highest BCUT2D eigenvalue weighted by molar-refractivity contribution is 6.23. The third-order valence-corrected chi connectivity index (χ3v) is 16.2. The van der Waals surface area contributed by atoms with E-state index in [2.05, 4.69) is 58.5 Å². The van der Waals surface area contributed by atoms with E-state index in [-0.39, 0.29) is 27.8 Å². The fraction of sp³-hybridized carbons (Fsp3) is 0.0800. The topological polar surface area (TPSA) is 70.2 Å². The molecule has 2 N–H and O–H groups in total. The average molecular weight is 1040 g/mol. The van der Waals surface area contributed by atoms with E-state index >= 15 is 0 Å². The van der Waals surface area contributed by atoms with E-state index in [9.17, 15) is 0 Å². The second-order valence-electron chi connectivity index (χ2n) is 21.5. The molecule has 0 unspecified atom stereocenters. The van der Waals surface area contributed by atoms with E-state index < -0.39 is 27.4 Å². The zero-order chi connectivity index (χ0) is 63.7. The van der Waals surface area contributed by atoms with Crippen LogP contribution in [-0.2, 0) is 0 Å². The number of hydrogen-bond donors (Lipinski definition) is 2. The Hall–Kier alpha value is -9.97. The molecule has 80 heavy (non-hydrogen) atoms. The summed E-state index contributed by atoms with van der Waals surface area (Å²) < 4.78 is 107. The molecule has 11 aromatic carbocycles. The highest BCUT2D eigenvalue weighted by atomic mass is 15.0. The number of benzene rings is 11. The second kappa shape index (κ2) is 17.3. The molecule has 14 aromatic rings. The van der Waals surface area contributed by atoms with E-state index in [4.69, 9.17) is 31.4 Å². The molecule has 0 atom stereocenters. The van der Waals surface area contributed by atoms with E-state index in [0.717, 1.165) is 53.9 Å². The third kappa shape index (κ3) is 7.20. The molecule has 16 rings (SSSR count). The Balaban J connectivity index is 1.26. The Morgan fingerprint density at radius 1 is 0.300 bits per heavy atom. The van der Waals surface area contributed by atoms with Crippen molar-refractivity contribution in [3.05, 3.63) is 234 Å². The van der Waals surface area contributed by atoms with Crippen LogP contribution >= 0.6 is 0 Å². The van der Waals surface area contributed by atoms with Crippen LogP contribution < -0.4 is 0 Å². The number of fused-ring (bicyclic) bond motifs is 24. The lowest BCUT2D eigenvalue weighted by molar-refractivity contribution is 1.27. The largest absolute Gasteiger partial charge is 0.353 e. The summed E-state index contributed by atoms with van der Waals surface area (Å²) in [4.78, 5) is 25.1. The number of rotatable bonds is 3. The zero-order valence-corrected chi connectivity index (χ0v) is 43.4. The van der Waals surface area contributed by atoms with Crippen LogP contribution in [0.5, 0.6) is 0 Å².